The molecule has 0 aliphatic heterocycles. The van der Waals surface area contributed by atoms with Crippen LogP contribution in [-0.4, -0.2) is 37.9 Å². The minimum absolute atomic E-state index is 0.0583. The highest BCUT2D eigenvalue weighted by Gasteiger charge is 2.17. The number of allylic oxidation sites excluding steroid dienone is 12. The summed E-state index contributed by atoms with van der Waals surface area (Å²) >= 11 is 0. The molecule has 0 bridgehead atoms. The van der Waals surface area contributed by atoms with Crippen molar-refractivity contribution in [2.75, 3.05) is 19.8 Å². The van der Waals surface area contributed by atoms with Crippen LogP contribution in [0.4, 0.5) is 0 Å². The van der Waals surface area contributed by atoms with Crippen LogP contribution in [0.15, 0.2) is 72.9 Å². The van der Waals surface area contributed by atoms with Crippen LogP contribution in [0.5, 0.6) is 0 Å². The van der Waals surface area contributed by atoms with Crippen LogP contribution >= 0.6 is 0 Å². The number of unbranched alkanes of at least 4 members (excludes halogenated alkanes) is 27. The minimum atomic E-state index is -0.572. The second-order valence-corrected chi connectivity index (χ2v) is 18.1. The summed E-state index contributed by atoms with van der Waals surface area (Å²) in [6, 6.07) is 0. The topological polar surface area (TPSA) is 61.8 Å². The largest absolute Gasteiger partial charge is 0.462 e. The molecule has 1 atom stereocenters. The highest BCUT2D eigenvalue weighted by atomic mass is 16.6. The van der Waals surface area contributed by atoms with Crippen LogP contribution in [0.25, 0.3) is 0 Å². The Balaban J connectivity index is 4.30. The molecular formula is C59H104O5. The third kappa shape index (κ3) is 52.0. The predicted octanol–water partition coefficient (Wildman–Crippen LogP) is 18.7. The van der Waals surface area contributed by atoms with Crippen LogP contribution in [0.3, 0.4) is 0 Å². The molecule has 0 aliphatic carbocycles. The standard InChI is InChI=1S/C59H104O5/c1-4-7-10-13-16-19-22-25-28-29-30-31-33-34-37-40-43-46-49-52-58(60)63-56-57(55-62-54-51-48-45-42-39-36-27-24-21-18-15-12-9-6-3)64-59(61)53-50-47-44-41-38-35-32-26-23-20-17-14-11-8-5-2/h9,12,17-18,20-21,26-27,32,36,42,45,57H,4-8,10-11,13-16,19,22-25,28-31,33-35,37-41,43-44,46-56H2,1-3H3/b12-9-,20-17-,21-18-,32-26-,36-27-,45-42-. The fourth-order valence-corrected chi connectivity index (χ4v) is 7.66. The number of carbonyl (C=O) groups is 2. The molecular weight excluding hydrogens is 789 g/mol. The average molecular weight is 893 g/mol. The molecule has 0 heterocycles. The number of hydrogen-bond acceptors (Lipinski definition) is 5. The van der Waals surface area contributed by atoms with E-state index in [-0.39, 0.29) is 25.2 Å². The van der Waals surface area contributed by atoms with Crippen LogP contribution < -0.4 is 0 Å². The molecule has 0 aliphatic rings. The molecule has 0 amide bonds. The lowest BCUT2D eigenvalue weighted by atomic mass is 10.0. The first-order valence-electron chi connectivity index (χ1n) is 27.5. The maximum atomic E-state index is 12.8. The van der Waals surface area contributed by atoms with Gasteiger partial charge in [0.15, 0.2) is 6.10 Å². The van der Waals surface area contributed by atoms with Gasteiger partial charge in [-0.15, -0.1) is 0 Å². The first-order chi connectivity index (χ1) is 31.6. The summed E-state index contributed by atoms with van der Waals surface area (Å²) in [7, 11) is 0. The molecule has 64 heavy (non-hydrogen) atoms. The first-order valence-corrected chi connectivity index (χ1v) is 27.5. The summed E-state index contributed by atoms with van der Waals surface area (Å²) in [6.07, 6.45) is 70.7. The predicted molar refractivity (Wildman–Crippen MR) is 279 cm³/mol. The molecule has 370 valence electrons. The second kappa shape index (κ2) is 54.7. The summed E-state index contributed by atoms with van der Waals surface area (Å²) in [6.45, 7) is 7.57. The van der Waals surface area contributed by atoms with Crippen molar-refractivity contribution in [3.05, 3.63) is 72.9 Å². The van der Waals surface area contributed by atoms with Gasteiger partial charge in [0.1, 0.15) is 6.61 Å². The van der Waals surface area contributed by atoms with Gasteiger partial charge < -0.3 is 14.2 Å². The van der Waals surface area contributed by atoms with Gasteiger partial charge in [0.2, 0.25) is 0 Å². The zero-order valence-electron chi connectivity index (χ0n) is 42.5. The molecule has 0 saturated heterocycles. The number of ether oxygens (including phenoxy) is 3. The molecule has 0 radical (unpaired) electrons. The van der Waals surface area contributed by atoms with Crippen LogP contribution in [0.1, 0.15) is 265 Å². The maximum Gasteiger partial charge on any atom is 0.306 e. The number of hydrogen-bond donors (Lipinski definition) is 0. The van der Waals surface area contributed by atoms with Crippen LogP contribution in [0, 0.1) is 0 Å². The van der Waals surface area contributed by atoms with E-state index in [4.69, 9.17) is 14.2 Å². The van der Waals surface area contributed by atoms with Gasteiger partial charge in [-0.2, -0.15) is 0 Å². The molecule has 0 aromatic carbocycles. The molecule has 0 aromatic rings. The molecule has 0 fully saturated rings. The van der Waals surface area contributed by atoms with Gasteiger partial charge in [-0.3, -0.25) is 9.59 Å². The van der Waals surface area contributed by atoms with Crippen molar-refractivity contribution in [3.8, 4) is 0 Å². The van der Waals surface area contributed by atoms with Crippen molar-refractivity contribution in [3.63, 3.8) is 0 Å². The van der Waals surface area contributed by atoms with E-state index in [2.05, 4.69) is 93.7 Å². The Labute approximate surface area is 397 Å². The van der Waals surface area contributed by atoms with E-state index in [0.29, 0.717) is 19.4 Å². The van der Waals surface area contributed by atoms with E-state index in [1.165, 1.54) is 148 Å². The Kier molecular flexibility index (Phi) is 52.4. The molecule has 1 unspecified atom stereocenters. The van der Waals surface area contributed by atoms with Gasteiger partial charge in [-0.1, -0.05) is 241 Å². The Hall–Kier alpha value is -2.66. The third-order valence-corrected chi connectivity index (χ3v) is 11.7. The SMILES string of the molecule is CC/C=C\C/C=C\C/C=C\C/C=C\CCCOCC(COC(=O)CCCCCCCCCCCCCCCCCCCCC)OC(=O)CCCCCCC/C=C\C/C=C\CCCCC. The number of carbonyl (C=O) groups excluding carboxylic acids is 2. The number of rotatable bonds is 50. The van der Waals surface area contributed by atoms with Crippen molar-refractivity contribution in [1.29, 1.82) is 0 Å². The molecule has 5 nitrogen and oxygen atoms in total. The summed E-state index contributed by atoms with van der Waals surface area (Å²) in [5.41, 5.74) is 0. The summed E-state index contributed by atoms with van der Waals surface area (Å²) < 4.78 is 17.4. The molecule has 5 heteroatoms. The Morgan fingerprint density at radius 3 is 1.16 bits per heavy atom. The molecule has 0 N–H and O–H groups in total. The third-order valence-electron chi connectivity index (χ3n) is 11.7. The summed E-state index contributed by atoms with van der Waals surface area (Å²) in [5, 5.41) is 0. The van der Waals surface area contributed by atoms with Crippen molar-refractivity contribution < 1.29 is 23.8 Å². The van der Waals surface area contributed by atoms with E-state index in [1.54, 1.807) is 0 Å². The summed E-state index contributed by atoms with van der Waals surface area (Å²) in [4.78, 5) is 25.4. The van der Waals surface area contributed by atoms with Crippen molar-refractivity contribution in [2.45, 2.75) is 271 Å². The molecule has 0 rings (SSSR count). The Morgan fingerprint density at radius 1 is 0.359 bits per heavy atom. The fraction of sp³-hybridized carbons (Fsp3) is 0.763. The van der Waals surface area contributed by atoms with E-state index in [9.17, 15) is 9.59 Å². The molecule has 0 aromatic heterocycles. The van der Waals surface area contributed by atoms with Gasteiger partial charge >= 0.3 is 11.9 Å². The Morgan fingerprint density at radius 2 is 0.703 bits per heavy atom. The second-order valence-electron chi connectivity index (χ2n) is 18.1. The lowest BCUT2D eigenvalue weighted by molar-refractivity contribution is -0.163. The van der Waals surface area contributed by atoms with E-state index < -0.39 is 6.10 Å². The monoisotopic (exact) mass is 893 g/mol. The highest BCUT2D eigenvalue weighted by Crippen LogP contribution is 2.16. The Bertz CT molecular complexity index is 1150. The first kappa shape index (κ1) is 61.3. The minimum Gasteiger partial charge on any atom is -0.462 e. The quantitative estimate of drug-likeness (QED) is 0.0346. The van der Waals surface area contributed by atoms with Gasteiger partial charge in [-0.05, 0) is 83.5 Å². The van der Waals surface area contributed by atoms with Gasteiger partial charge in [-0.25, -0.2) is 0 Å². The van der Waals surface area contributed by atoms with E-state index in [1.807, 2.05) is 0 Å². The lowest BCUT2D eigenvalue weighted by Gasteiger charge is -2.18. The van der Waals surface area contributed by atoms with Gasteiger partial charge in [0.05, 0.1) is 6.61 Å². The van der Waals surface area contributed by atoms with E-state index >= 15 is 0 Å². The van der Waals surface area contributed by atoms with Crippen molar-refractivity contribution in [1.82, 2.24) is 0 Å². The normalized spacial score (nSPS) is 12.7. The van der Waals surface area contributed by atoms with Crippen molar-refractivity contribution >= 4 is 11.9 Å². The van der Waals surface area contributed by atoms with Gasteiger partial charge in [0.25, 0.3) is 0 Å². The average Bonchev–Trinajstić information content (AvgIpc) is 3.30. The maximum absolute atomic E-state index is 12.8. The number of esters is 2. The van der Waals surface area contributed by atoms with E-state index in [0.717, 1.165) is 83.5 Å². The van der Waals surface area contributed by atoms with Gasteiger partial charge in [0, 0.05) is 19.4 Å². The van der Waals surface area contributed by atoms with Crippen LogP contribution in [0.2, 0.25) is 0 Å². The fourth-order valence-electron chi connectivity index (χ4n) is 7.66. The highest BCUT2D eigenvalue weighted by molar-refractivity contribution is 5.70. The lowest BCUT2D eigenvalue weighted by Crippen LogP contribution is -2.30. The zero-order chi connectivity index (χ0) is 46.3. The summed E-state index contributed by atoms with van der Waals surface area (Å²) in [5.74, 6) is -0.435. The smallest absolute Gasteiger partial charge is 0.306 e. The van der Waals surface area contributed by atoms with Crippen molar-refractivity contribution in [2.24, 2.45) is 0 Å². The molecule has 0 saturated carbocycles. The zero-order valence-corrected chi connectivity index (χ0v) is 42.5. The molecule has 0 spiro atoms. The van der Waals surface area contributed by atoms with Crippen LogP contribution in [-0.2, 0) is 23.8 Å².